The number of hydrogen-bond donors (Lipinski definition) is 1. The lowest BCUT2D eigenvalue weighted by molar-refractivity contribution is 0.0949. The molecule has 0 aliphatic carbocycles. The molecule has 8 heteroatoms. The van der Waals surface area contributed by atoms with E-state index < -0.39 is 0 Å². The molecule has 0 unspecified atom stereocenters. The molecule has 0 aliphatic heterocycles. The van der Waals surface area contributed by atoms with Crippen molar-refractivity contribution >= 4 is 29.3 Å². The van der Waals surface area contributed by atoms with Crippen molar-refractivity contribution in [2.45, 2.75) is 33.6 Å². The Kier molecular flexibility index (Phi) is 7.83. The minimum atomic E-state index is -0.163. The van der Waals surface area contributed by atoms with Gasteiger partial charge in [0.1, 0.15) is 5.69 Å². The van der Waals surface area contributed by atoms with E-state index in [4.69, 9.17) is 0 Å². The van der Waals surface area contributed by atoms with Crippen LogP contribution in [0.15, 0.2) is 41.1 Å². The molecule has 2 aromatic heterocycles. The molecule has 0 atom stereocenters. The highest BCUT2D eigenvalue weighted by Gasteiger charge is 2.12. The summed E-state index contributed by atoms with van der Waals surface area (Å²) >= 11 is 1.51. The van der Waals surface area contributed by atoms with Crippen LogP contribution in [0.25, 0.3) is 0 Å². The number of aliphatic imine (C=N–C) groups is 1. The summed E-state index contributed by atoms with van der Waals surface area (Å²) in [5, 5.41) is 5.63. The summed E-state index contributed by atoms with van der Waals surface area (Å²) in [4.78, 5) is 31.8. The van der Waals surface area contributed by atoms with E-state index in [9.17, 15) is 4.79 Å². The number of carbonyl (C=O) groups is 1. The number of amides is 1. The Morgan fingerprint density at radius 2 is 2.10 bits per heavy atom. The van der Waals surface area contributed by atoms with Crippen LogP contribution in [0.2, 0.25) is 0 Å². The highest BCUT2D eigenvalue weighted by Crippen LogP contribution is 2.25. The van der Waals surface area contributed by atoms with Crippen molar-refractivity contribution in [2.75, 3.05) is 20.1 Å². The summed E-state index contributed by atoms with van der Waals surface area (Å²) in [5.41, 5.74) is 5.77. The predicted octanol–water partition coefficient (Wildman–Crippen LogP) is 3.72. The smallest absolute Gasteiger partial charge is 0.270 e. The largest absolute Gasteiger partial charge is 0.366 e. The van der Waals surface area contributed by atoms with E-state index in [0.29, 0.717) is 25.1 Å². The fraction of sp³-hybridized carbons (Fsp3) is 0.348. The predicted molar refractivity (Wildman–Crippen MR) is 125 cm³/mol. The van der Waals surface area contributed by atoms with E-state index in [-0.39, 0.29) is 5.91 Å². The van der Waals surface area contributed by atoms with Gasteiger partial charge in [-0.15, -0.1) is 11.3 Å². The van der Waals surface area contributed by atoms with Crippen LogP contribution < -0.4 is 5.32 Å². The van der Waals surface area contributed by atoms with E-state index in [2.05, 4.69) is 58.2 Å². The molecule has 1 aromatic carbocycles. The van der Waals surface area contributed by atoms with Gasteiger partial charge in [-0.05, 0) is 43.5 Å². The molecule has 7 nitrogen and oxygen atoms in total. The number of aryl methyl sites for hydroxylation is 2. The summed E-state index contributed by atoms with van der Waals surface area (Å²) in [7, 11) is 2.01. The number of nitrogens with zero attached hydrogens (tertiary/aromatic N) is 5. The Bertz CT molecular complexity index is 1050. The molecule has 1 N–H and O–H groups in total. The number of aromatic nitrogens is 3. The first kappa shape index (κ1) is 22.6. The summed E-state index contributed by atoms with van der Waals surface area (Å²) in [6.07, 6.45) is 8.18. The summed E-state index contributed by atoms with van der Waals surface area (Å²) in [6.45, 7) is 7.66. The molecule has 3 aromatic rings. The SMILES string of the molecule is CCN(C)C=Nc1cc(C)c(Cc2nc(C(=O)NCCc3cnccn3)cs2)cc1C. The average Bonchev–Trinajstić information content (AvgIpc) is 3.24. The van der Waals surface area contributed by atoms with Crippen molar-refractivity contribution in [1.82, 2.24) is 25.2 Å². The lowest BCUT2D eigenvalue weighted by Gasteiger charge is -2.11. The van der Waals surface area contributed by atoms with Gasteiger partial charge < -0.3 is 10.2 Å². The van der Waals surface area contributed by atoms with Crippen LogP contribution in [-0.2, 0) is 12.8 Å². The maximum atomic E-state index is 12.4. The second kappa shape index (κ2) is 10.8. The average molecular weight is 437 g/mol. The van der Waals surface area contributed by atoms with E-state index >= 15 is 0 Å². The maximum absolute atomic E-state index is 12.4. The van der Waals surface area contributed by atoms with Crippen molar-refractivity contribution in [3.05, 3.63) is 69.2 Å². The van der Waals surface area contributed by atoms with Gasteiger partial charge in [0.05, 0.1) is 22.7 Å². The molecular weight excluding hydrogens is 408 g/mol. The topological polar surface area (TPSA) is 83.4 Å². The molecule has 0 aliphatic rings. The molecule has 0 saturated heterocycles. The molecule has 1 amide bonds. The third-order valence-corrected chi connectivity index (χ3v) is 5.81. The molecule has 0 radical (unpaired) electrons. The van der Waals surface area contributed by atoms with E-state index in [1.54, 1.807) is 18.6 Å². The summed E-state index contributed by atoms with van der Waals surface area (Å²) in [6, 6.07) is 4.27. The van der Waals surface area contributed by atoms with Crippen molar-refractivity contribution in [3.8, 4) is 0 Å². The maximum Gasteiger partial charge on any atom is 0.270 e. The van der Waals surface area contributed by atoms with Crippen LogP contribution in [0.5, 0.6) is 0 Å². The zero-order valence-corrected chi connectivity index (χ0v) is 19.2. The molecule has 162 valence electrons. The van der Waals surface area contributed by atoms with Gasteiger partial charge in [0.15, 0.2) is 0 Å². The number of rotatable bonds is 9. The van der Waals surface area contributed by atoms with Gasteiger partial charge in [0.25, 0.3) is 5.91 Å². The molecular formula is C23H28N6OS. The zero-order chi connectivity index (χ0) is 22.2. The fourth-order valence-electron chi connectivity index (χ4n) is 2.95. The van der Waals surface area contributed by atoms with E-state index in [0.717, 1.165) is 28.5 Å². The molecule has 0 spiro atoms. The molecule has 0 saturated carbocycles. The van der Waals surface area contributed by atoms with Crippen LogP contribution in [0.3, 0.4) is 0 Å². The number of thiazole rings is 1. The van der Waals surface area contributed by atoms with Crippen LogP contribution in [0.4, 0.5) is 5.69 Å². The Labute approximate surface area is 187 Å². The first-order valence-corrected chi connectivity index (χ1v) is 11.2. The van der Waals surface area contributed by atoms with Crippen molar-refractivity contribution in [2.24, 2.45) is 4.99 Å². The Morgan fingerprint density at radius 3 is 2.84 bits per heavy atom. The number of hydrogen-bond acceptors (Lipinski definition) is 6. The van der Waals surface area contributed by atoms with Crippen LogP contribution in [0.1, 0.15) is 44.8 Å². The summed E-state index contributed by atoms with van der Waals surface area (Å²) in [5.74, 6) is -0.163. The Balaban J connectivity index is 1.60. The molecule has 0 bridgehead atoms. The first-order chi connectivity index (χ1) is 15.0. The van der Waals surface area contributed by atoms with Gasteiger partial charge in [0, 0.05) is 56.9 Å². The van der Waals surface area contributed by atoms with Crippen molar-refractivity contribution in [1.29, 1.82) is 0 Å². The van der Waals surface area contributed by atoms with Gasteiger partial charge >= 0.3 is 0 Å². The second-order valence-corrected chi connectivity index (χ2v) is 8.33. The number of carbonyl (C=O) groups excluding carboxylic acids is 1. The zero-order valence-electron chi connectivity index (χ0n) is 18.4. The lowest BCUT2D eigenvalue weighted by Crippen LogP contribution is -2.26. The van der Waals surface area contributed by atoms with E-state index in [1.807, 2.05) is 23.7 Å². The standard InChI is InChI=1S/C23H28N6OS/c1-5-29(4)15-27-20-11-16(2)18(10-17(20)3)12-22-28-21(14-31-22)23(30)26-7-6-19-13-24-8-9-25-19/h8-11,13-15H,5-7,12H2,1-4H3,(H,26,30). The van der Waals surface area contributed by atoms with E-state index in [1.165, 1.54) is 22.5 Å². The number of benzene rings is 1. The van der Waals surface area contributed by atoms with Crippen molar-refractivity contribution in [3.63, 3.8) is 0 Å². The van der Waals surface area contributed by atoms with Gasteiger partial charge in [-0.25, -0.2) is 9.98 Å². The normalized spacial score (nSPS) is 11.1. The third kappa shape index (κ3) is 6.42. The fourth-order valence-corrected chi connectivity index (χ4v) is 3.74. The Hall–Kier alpha value is -3.13. The Morgan fingerprint density at radius 1 is 1.26 bits per heavy atom. The van der Waals surface area contributed by atoms with Crippen molar-refractivity contribution < 1.29 is 4.79 Å². The summed E-state index contributed by atoms with van der Waals surface area (Å²) < 4.78 is 0. The lowest BCUT2D eigenvalue weighted by atomic mass is 10.0. The molecule has 3 rings (SSSR count). The third-order valence-electron chi connectivity index (χ3n) is 4.96. The van der Waals surface area contributed by atoms with Gasteiger partial charge in [0.2, 0.25) is 0 Å². The quantitative estimate of drug-likeness (QED) is 0.408. The highest BCUT2D eigenvalue weighted by molar-refractivity contribution is 7.09. The van der Waals surface area contributed by atoms with Gasteiger partial charge in [-0.2, -0.15) is 0 Å². The molecule has 0 fully saturated rings. The monoisotopic (exact) mass is 436 g/mol. The van der Waals surface area contributed by atoms with Crippen LogP contribution in [0, 0.1) is 13.8 Å². The van der Waals surface area contributed by atoms with Gasteiger partial charge in [-0.1, -0.05) is 6.07 Å². The van der Waals surface area contributed by atoms with Crippen LogP contribution in [-0.4, -0.2) is 52.2 Å². The second-order valence-electron chi connectivity index (χ2n) is 7.39. The minimum Gasteiger partial charge on any atom is -0.366 e. The number of nitrogens with one attached hydrogen (secondary N) is 1. The molecule has 31 heavy (non-hydrogen) atoms. The highest BCUT2D eigenvalue weighted by atomic mass is 32.1. The first-order valence-electron chi connectivity index (χ1n) is 10.3. The minimum absolute atomic E-state index is 0.163. The molecule has 2 heterocycles. The van der Waals surface area contributed by atoms with Gasteiger partial charge in [-0.3, -0.25) is 14.8 Å². The van der Waals surface area contributed by atoms with Crippen LogP contribution >= 0.6 is 11.3 Å².